The van der Waals surface area contributed by atoms with Crippen molar-refractivity contribution in [2.24, 2.45) is 0 Å². The van der Waals surface area contributed by atoms with Gasteiger partial charge in [0.15, 0.2) is 0 Å². The van der Waals surface area contributed by atoms with Crippen LogP contribution in [-0.2, 0) is 4.79 Å². The molecule has 2 N–H and O–H groups in total. The zero-order valence-electron chi connectivity index (χ0n) is 21.5. The van der Waals surface area contributed by atoms with Crippen LogP contribution in [0, 0.1) is 6.92 Å². The van der Waals surface area contributed by atoms with E-state index in [4.69, 9.17) is 14.7 Å². The van der Waals surface area contributed by atoms with Gasteiger partial charge in [-0.2, -0.15) is 4.98 Å². The first-order valence-corrected chi connectivity index (χ1v) is 12.3. The summed E-state index contributed by atoms with van der Waals surface area (Å²) in [6, 6.07) is 6.23. The van der Waals surface area contributed by atoms with Crippen LogP contribution < -0.4 is 15.0 Å². The molecule has 1 aliphatic rings. The van der Waals surface area contributed by atoms with Crippen molar-refractivity contribution in [3.05, 3.63) is 35.5 Å². The average molecular weight is 481 g/mol. The van der Waals surface area contributed by atoms with E-state index in [1.165, 1.54) is 0 Å². The second-order valence-electron chi connectivity index (χ2n) is 9.41. The fourth-order valence-corrected chi connectivity index (χ4v) is 4.49. The van der Waals surface area contributed by atoms with Gasteiger partial charge in [-0.05, 0) is 51.8 Å². The van der Waals surface area contributed by atoms with E-state index in [-0.39, 0.29) is 23.9 Å². The van der Waals surface area contributed by atoms with Crippen LogP contribution in [0.15, 0.2) is 24.4 Å². The lowest BCUT2D eigenvalue weighted by Gasteiger charge is -2.34. The zero-order chi connectivity index (χ0) is 25.3. The van der Waals surface area contributed by atoms with Crippen LogP contribution in [0.2, 0.25) is 0 Å². The molecule has 9 nitrogen and oxygen atoms in total. The first-order chi connectivity index (χ1) is 16.7. The van der Waals surface area contributed by atoms with Crippen molar-refractivity contribution in [1.82, 2.24) is 19.4 Å². The lowest BCUT2D eigenvalue weighted by Crippen LogP contribution is -2.48. The summed E-state index contributed by atoms with van der Waals surface area (Å²) in [6.45, 7) is 14.9. The summed E-state index contributed by atoms with van der Waals surface area (Å²) >= 11 is 0. The first kappa shape index (κ1) is 24.6. The highest BCUT2D eigenvalue weighted by Crippen LogP contribution is 2.35. The Kier molecular flexibility index (Phi) is 7.05. The van der Waals surface area contributed by atoms with Crippen molar-refractivity contribution in [2.45, 2.75) is 53.6 Å². The molecule has 0 saturated carbocycles. The van der Waals surface area contributed by atoms with Gasteiger partial charge in [0.25, 0.3) is 0 Å². The molecule has 3 heterocycles. The number of amides is 1. The largest absolute Gasteiger partial charge is 0.494 e. The van der Waals surface area contributed by atoms with Crippen molar-refractivity contribution >= 4 is 28.6 Å². The Bertz CT molecular complexity index is 1210. The number of benzene rings is 1. The highest BCUT2D eigenvalue weighted by atomic mass is 16.5. The lowest BCUT2D eigenvalue weighted by atomic mass is 10.0. The third-order valence-corrected chi connectivity index (χ3v) is 6.57. The van der Waals surface area contributed by atoms with E-state index in [0.717, 1.165) is 22.3 Å². The Balaban J connectivity index is 1.69. The molecule has 3 aromatic rings. The van der Waals surface area contributed by atoms with Gasteiger partial charge >= 0.3 is 0 Å². The van der Waals surface area contributed by atoms with Crippen molar-refractivity contribution in [2.75, 3.05) is 43.0 Å². The number of nitrogens with zero attached hydrogens (tertiary/aromatic N) is 5. The molecule has 1 atom stereocenters. The van der Waals surface area contributed by atoms with Gasteiger partial charge in [-0.15, -0.1) is 0 Å². The molecule has 1 aliphatic heterocycles. The van der Waals surface area contributed by atoms with E-state index < -0.39 is 0 Å². The number of fused-ring (bicyclic) bond motifs is 1. The summed E-state index contributed by atoms with van der Waals surface area (Å²) < 4.78 is 7.50. The summed E-state index contributed by atoms with van der Waals surface area (Å²) in [5.41, 5.74) is 2.72. The van der Waals surface area contributed by atoms with Gasteiger partial charge < -0.3 is 29.5 Å². The molecule has 0 bridgehead atoms. The Morgan fingerprint density at radius 3 is 2.49 bits per heavy atom. The van der Waals surface area contributed by atoms with Gasteiger partial charge in [0.1, 0.15) is 17.1 Å². The predicted octanol–water partition coefficient (Wildman–Crippen LogP) is 4.27. The molecule has 4 rings (SSSR count). The summed E-state index contributed by atoms with van der Waals surface area (Å²) in [4.78, 5) is 25.3. The number of carbonyl (C=O) groups excluding carboxylic acids is 1. The van der Waals surface area contributed by atoms with E-state index >= 15 is 0 Å². The van der Waals surface area contributed by atoms with Crippen LogP contribution in [0.3, 0.4) is 0 Å². The second-order valence-corrected chi connectivity index (χ2v) is 9.41. The molecule has 1 amide bonds. The van der Waals surface area contributed by atoms with Crippen LogP contribution in [-0.4, -0.2) is 63.2 Å². The number of aryl methyl sites for hydroxylation is 1. The quantitative estimate of drug-likeness (QED) is 0.521. The van der Waals surface area contributed by atoms with E-state index in [0.29, 0.717) is 50.1 Å². The minimum atomic E-state index is -0.0329. The molecular weight excluding hydrogens is 444 g/mol. The number of ether oxygens (including phenoxy) is 1. The summed E-state index contributed by atoms with van der Waals surface area (Å²) in [5.74, 6) is 2.32. The number of carbonyl (C=O) groups is 1. The normalized spacial score (nSPS) is 15.1. The van der Waals surface area contributed by atoms with Gasteiger partial charge in [-0.1, -0.05) is 12.1 Å². The van der Waals surface area contributed by atoms with Gasteiger partial charge in [0.2, 0.25) is 17.7 Å². The monoisotopic (exact) mass is 480 g/mol. The lowest BCUT2D eigenvalue weighted by molar-refractivity contribution is -0.129. The van der Waals surface area contributed by atoms with Gasteiger partial charge in [0.05, 0.1) is 12.0 Å². The van der Waals surface area contributed by atoms with Crippen molar-refractivity contribution in [1.29, 1.82) is 0 Å². The second kappa shape index (κ2) is 10.0. The fraction of sp³-hybridized carbons (Fsp3) is 0.500. The van der Waals surface area contributed by atoms with E-state index in [2.05, 4.69) is 29.3 Å². The molecule has 0 aliphatic carbocycles. The topological polar surface area (TPSA) is 95.8 Å². The Labute approximate surface area is 206 Å². The summed E-state index contributed by atoms with van der Waals surface area (Å²) in [6.07, 6.45) is 1.91. The molecule has 0 spiro atoms. The first-order valence-electron chi connectivity index (χ1n) is 12.3. The number of hydrogen-bond acceptors (Lipinski definition) is 7. The standard InChI is InChI=1S/C26H36N6O3/c1-7-35-22-9-8-20(14-17(22)4)18(5)27-24-21-15-32(16(2)3)25(34)23(21)28-26(29-24)31-12-10-30(11-13-31)19(6)33/h8-9,14-16,18,34H,7,10-13H2,1-6H3,(H,27,28,29)/t18-/m1/s1. The van der Waals surface area contributed by atoms with E-state index in [1.54, 1.807) is 6.92 Å². The van der Waals surface area contributed by atoms with Crippen LogP contribution in [0.25, 0.3) is 10.9 Å². The third-order valence-electron chi connectivity index (χ3n) is 6.57. The number of aromatic nitrogens is 3. The van der Waals surface area contributed by atoms with Crippen LogP contribution >= 0.6 is 0 Å². The Morgan fingerprint density at radius 1 is 1.17 bits per heavy atom. The molecule has 1 saturated heterocycles. The number of rotatable bonds is 7. The molecule has 188 valence electrons. The van der Waals surface area contributed by atoms with Gasteiger partial charge in [-0.3, -0.25) is 4.79 Å². The molecule has 2 aromatic heterocycles. The number of piperazine rings is 1. The maximum atomic E-state index is 11.7. The maximum absolute atomic E-state index is 11.7. The fourth-order valence-electron chi connectivity index (χ4n) is 4.49. The molecule has 1 aromatic carbocycles. The molecule has 35 heavy (non-hydrogen) atoms. The Hall–Kier alpha value is -3.49. The van der Waals surface area contributed by atoms with Crippen molar-refractivity contribution in [3.63, 3.8) is 0 Å². The van der Waals surface area contributed by atoms with Crippen molar-refractivity contribution in [3.8, 4) is 11.6 Å². The highest BCUT2D eigenvalue weighted by Gasteiger charge is 2.24. The molecule has 0 radical (unpaired) electrons. The zero-order valence-corrected chi connectivity index (χ0v) is 21.5. The summed E-state index contributed by atoms with van der Waals surface area (Å²) in [7, 11) is 0. The molecule has 0 unspecified atom stereocenters. The number of anilines is 2. The number of aromatic hydroxyl groups is 1. The smallest absolute Gasteiger partial charge is 0.228 e. The van der Waals surface area contributed by atoms with Crippen LogP contribution in [0.5, 0.6) is 11.6 Å². The van der Waals surface area contributed by atoms with Gasteiger partial charge in [-0.25, -0.2) is 4.98 Å². The minimum absolute atomic E-state index is 0.0329. The molecule has 1 fully saturated rings. The average Bonchev–Trinajstić information content (AvgIpc) is 3.17. The van der Waals surface area contributed by atoms with E-state index in [1.807, 2.05) is 49.4 Å². The van der Waals surface area contributed by atoms with Crippen molar-refractivity contribution < 1.29 is 14.6 Å². The Morgan fingerprint density at radius 2 is 1.89 bits per heavy atom. The van der Waals surface area contributed by atoms with Crippen LogP contribution in [0.1, 0.15) is 57.8 Å². The minimum Gasteiger partial charge on any atom is -0.494 e. The maximum Gasteiger partial charge on any atom is 0.228 e. The predicted molar refractivity (Wildman–Crippen MR) is 138 cm³/mol. The third kappa shape index (κ3) is 4.99. The van der Waals surface area contributed by atoms with Gasteiger partial charge in [0, 0.05) is 51.4 Å². The SMILES string of the molecule is CCOc1ccc([C@@H](C)Nc2nc(N3CCN(C(C)=O)CC3)nc3c(O)n(C(C)C)cc23)cc1C. The number of nitrogens with one attached hydrogen (secondary N) is 1. The highest BCUT2D eigenvalue weighted by molar-refractivity contribution is 5.94. The molecular formula is C26H36N6O3. The molecule has 9 heteroatoms. The number of hydrogen-bond donors (Lipinski definition) is 2. The van der Waals surface area contributed by atoms with E-state index in [9.17, 15) is 9.90 Å². The van der Waals surface area contributed by atoms with Crippen LogP contribution in [0.4, 0.5) is 11.8 Å². The summed E-state index contributed by atoms with van der Waals surface area (Å²) in [5, 5.41) is 15.3.